The van der Waals surface area contributed by atoms with E-state index in [1.54, 1.807) is 23.1 Å². The molecule has 130 valence electrons. The largest absolute Gasteiger partial charge is 0.372 e. The first-order chi connectivity index (χ1) is 11.5. The van der Waals surface area contributed by atoms with E-state index in [0.29, 0.717) is 25.2 Å². The first-order valence-electron chi connectivity index (χ1n) is 8.44. The van der Waals surface area contributed by atoms with Crippen molar-refractivity contribution < 1.29 is 18.7 Å². The van der Waals surface area contributed by atoms with Crippen molar-refractivity contribution >= 4 is 11.8 Å². The molecule has 2 fully saturated rings. The van der Waals surface area contributed by atoms with E-state index in [0.717, 1.165) is 19.4 Å². The summed E-state index contributed by atoms with van der Waals surface area (Å²) in [7, 11) is 0. The number of rotatable bonds is 4. The average Bonchev–Trinajstić information content (AvgIpc) is 2.52. The Morgan fingerprint density at radius 1 is 1.21 bits per heavy atom. The molecule has 0 bridgehead atoms. The highest BCUT2D eigenvalue weighted by Crippen LogP contribution is 2.22. The summed E-state index contributed by atoms with van der Waals surface area (Å²) in [5.41, 5.74) is 0.539. The average molecular weight is 334 g/mol. The molecule has 0 N–H and O–H groups in total. The van der Waals surface area contributed by atoms with Gasteiger partial charge in [0.2, 0.25) is 11.8 Å². The quantitative estimate of drug-likeness (QED) is 0.844. The number of carbonyl (C=O) groups is 2. The molecule has 2 aliphatic rings. The van der Waals surface area contributed by atoms with Crippen LogP contribution in [0, 0.1) is 11.7 Å². The van der Waals surface area contributed by atoms with Gasteiger partial charge in [-0.15, -0.1) is 0 Å². The zero-order valence-electron chi connectivity index (χ0n) is 13.9. The molecule has 0 radical (unpaired) electrons. The number of hydrogen-bond acceptors (Lipinski definition) is 3. The number of ether oxygens (including phenoxy) is 1. The summed E-state index contributed by atoms with van der Waals surface area (Å²) in [6.07, 6.45) is 1.70. The Morgan fingerprint density at radius 3 is 2.67 bits per heavy atom. The van der Waals surface area contributed by atoms with Gasteiger partial charge in [-0.2, -0.15) is 0 Å². The molecule has 24 heavy (non-hydrogen) atoms. The van der Waals surface area contributed by atoms with Crippen molar-refractivity contribution in [1.29, 1.82) is 0 Å². The lowest BCUT2D eigenvalue weighted by Crippen LogP contribution is -2.57. The summed E-state index contributed by atoms with van der Waals surface area (Å²) in [6, 6.07) is 6.58. The van der Waals surface area contributed by atoms with Crippen molar-refractivity contribution in [3.63, 3.8) is 0 Å². The maximum absolute atomic E-state index is 13.6. The second-order valence-corrected chi connectivity index (χ2v) is 6.57. The van der Waals surface area contributed by atoms with Gasteiger partial charge >= 0.3 is 0 Å². The summed E-state index contributed by atoms with van der Waals surface area (Å²) in [5, 5.41) is 0. The fourth-order valence-corrected chi connectivity index (χ4v) is 3.25. The summed E-state index contributed by atoms with van der Waals surface area (Å²) in [5.74, 6) is -0.227. The third-order valence-electron chi connectivity index (χ3n) is 4.80. The lowest BCUT2D eigenvalue weighted by Gasteiger charge is -2.42. The third kappa shape index (κ3) is 3.75. The van der Waals surface area contributed by atoms with Gasteiger partial charge in [0, 0.05) is 38.7 Å². The highest BCUT2D eigenvalue weighted by atomic mass is 19.1. The van der Waals surface area contributed by atoms with Gasteiger partial charge < -0.3 is 14.5 Å². The number of hydrogen-bond donors (Lipinski definition) is 0. The van der Waals surface area contributed by atoms with Crippen LogP contribution in [0.15, 0.2) is 24.3 Å². The standard InChI is InChI=1S/C18H23FN2O3/c1-13(22)21-9-15(10-21)18(23)20-8-4-6-16(11-20)24-12-14-5-2-3-7-17(14)19/h2-3,5,7,15-16H,4,6,8-12H2,1H3/t16-/m0/s1. The highest BCUT2D eigenvalue weighted by molar-refractivity contribution is 5.83. The molecule has 6 heteroatoms. The predicted octanol–water partition coefficient (Wildman–Crippen LogP) is 1.81. The van der Waals surface area contributed by atoms with Crippen LogP contribution in [0.3, 0.4) is 0 Å². The van der Waals surface area contributed by atoms with Crippen LogP contribution in [0.25, 0.3) is 0 Å². The monoisotopic (exact) mass is 334 g/mol. The number of amides is 2. The third-order valence-corrected chi connectivity index (χ3v) is 4.80. The molecule has 1 atom stereocenters. The van der Waals surface area contributed by atoms with E-state index in [4.69, 9.17) is 4.74 Å². The molecule has 3 rings (SSSR count). The van der Waals surface area contributed by atoms with Crippen molar-refractivity contribution in [1.82, 2.24) is 9.80 Å². The van der Waals surface area contributed by atoms with Gasteiger partial charge in [-0.1, -0.05) is 18.2 Å². The van der Waals surface area contributed by atoms with Crippen LogP contribution < -0.4 is 0 Å². The SMILES string of the molecule is CC(=O)N1CC(C(=O)N2CCC[C@H](OCc3ccccc3F)C2)C1. The second-order valence-electron chi connectivity index (χ2n) is 6.57. The van der Waals surface area contributed by atoms with Gasteiger partial charge in [0.05, 0.1) is 18.6 Å². The van der Waals surface area contributed by atoms with E-state index >= 15 is 0 Å². The Balaban J connectivity index is 1.49. The molecule has 0 aromatic heterocycles. The first-order valence-corrected chi connectivity index (χ1v) is 8.44. The lowest BCUT2D eigenvalue weighted by atomic mass is 9.96. The molecule has 0 spiro atoms. The molecule has 5 nitrogen and oxygen atoms in total. The van der Waals surface area contributed by atoms with Crippen LogP contribution >= 0.6 is 0 Å². The summed E-state index contributed by atoms with van der Waals surface area (Å²) in [4.78, 5) is 27.2. The van der Waals surface area contributed by atoms with Gasteiger partial charge in [0.15, 0.2) is 0 Å². The minimum Gasteiger partial charge on any atom is -0.372 e. The molecule has 2 saturated heterocycles. The van der Waals surface area contributed by atoms with Crippen molar-refractivity contribution in [2.24, 2.45) is 5.92 Å². The maximum Gasteiger partial charge on any atom is 0.229 e. The van der Waals surface area contributed by atoms with E-state index in [1.165, 1.54) is 13.0 Å². The van der Waals surface area contributed by atoms with Gasteiger partial charge in [0.1, 0.15) is 5.82 Å². The number of halogens is 1. The van der Waals surface area contributed by atoms with Crippen LogP contribution in [0.2, 0.25) is 0 Å². The number of piperidine rings is 1. The van der Waals surface area contributed by atoms with E-state index in [1.807, 2.05) is 4.90 Å². The van der Waals surface area contributed by atoms with Crippen LogP contribution in [-0.2, 0) is 20.9 Å². The molecule has 2 heterocycles. The van der Waals surface area contributed by atoms with Crippen molar-refractivity contribution in [3.05, 3.63) is 35.6 Å². The topological polar surface area (TPSA) is 49.9 Å². The zero-order chi connectivity index (χ0) is 17.1. The van der Waals surface area contributed by atoms with Crippen LogP contribution in [-0.4, -0.2) is 53.9 Å². The fourth-order valence-electron chi connectivity index (χ4n) is 3.25. The molecule has 2 aliphatic heterocycles. The normalized spacial score (nSPS) is 21.5. The zero-order valence-corrected chi connectivity index (χ0v) is 13.9. The number of nitrogens with zero attached hydrogens (tertiary/aromatic N) is 2. The molecule has 0 saturated carbocycles. The van der Waals surface area contributed by atoms with Crippen molar-refractivity contribution in [2.45, 2.75) is 32.5 Å². The maximum atomic E-state index is 13.6. The first kappa shape index (κ1) is 16.9. The molecule has 0 aliphatic carbocycles. The van der Waals surface area contributed by atoms with Crippen LogP contribution in [0.1, 0.15) is 25.3 Å². The molecule has 1 aromatic carbocycles. The Kier molecular flexibility index (Phi) is 5.14. The van der Waals surface area contributed by atoms with E-state index in [-0.39, 0.29) is 36.3 Å². The molecular weight excluding hydrogens is 311 g/mol. The van der Waals surface area contributed by atoms with Gasteiger partial charge in [0.25, 0.3) is 0 Å². The highest BCUT2D eigenvalue weighted by Gasteiger charge is 2.38. The smallest absolute Gasteiger partial charge is 0.229 e. The molecular formula is C18H23FN2O3. The van der Waals surface area contributed by atoms with Crippen molar-refractivity contribution in [3.8, 4) is 0 Å². The van der Waals surface area contributed by atoms with Crippen molar-refractivity contribution in [2.75, 3.05) is 26.2 Å². The number of benzene rings is 1. The minimum absolute atomic E-state index is 0.0174. The van der Waals surface area contributed by atoms with Crippen LogP contribution in [0.5, 0.6) is 0 Å². The van der Waals surface area contributed by atoms with E-state index in [9.17, 15) is 14.0 Å². The Labute approximate surface area is 141 Å². The van der Waals surface area contributed by atoms with E-state index < -0.39 is 0 Å². The Hall–Kier alpha value is -1.95. The predicted molar refractivity (Wildman–Crippen MR) is 86.5 cm³/mol. The van der Waals surface area contributed by atoms with Crippen LogP contribution in [0.4, 0.5) is 4.39 Å². The van der Waals surface area contributed by atoms with Gasteiger partial charge in [-0.05, 0) is 18.9 Å². The van der Waals surface area contributed by atoms with Gasteiger partial charge in [-0.3, -0.25) is 9.59 Å². The Bertz CT molecular complexity index is 616. The summed E-state index contributed by atoms with van der Waals surface area (Å²) < 4.78 is 19.5. The minimum atomic E-state index is -0.264. The Morgan fingerprint density at radius 2 is 1.96 bits per heavy atom. The number of carbonyl (C=O) groups excluding carboxylic acids is 2. The van der Waals surface area contributed by atoms with E-state index in [2.05, 4.69) is 0 Å². The summed E-state index contributed by atoms with van der Waals surface area (Å²) in [6.45, 7) is 4.06. The van der Waals surface area contributed by atoms with Gasteiger partial charge in [-0.25, -0.2) is 4.39 Å². The molecule has 2 amide bonds. The molecule has 0 unspecified atom stereocenters. The molecule has 1 aromatic rings. The second kappa shape index (κ2) is 7.30. The fraction of sp³-hybridized carbons (Fsp3) is 0.556. The number of likely N-dealkylation sites (tertiary alicyclic amines) is 2. The summed E-state index contributed by atoms with van der Waals surface area (Å²) >= 11 is 0. The lowest BCUT2D eigenvalue weighted by molar-refractivity contribution is -0.150.